The molecule has 0 unspecified atom stereocenters. The van der Waals surface area contributed by atoms with Crippen molar-refractivity contribution >= 4 is 11.6 Å². The van der Waals surface area contributed by atoms with Crippen molar-refractivity contribution < 1.29 is 13.7 Å². The Morgan fingerprint density at radius 2 is 2.21 bits per heavy atom. The van der Waals surface area contributed by atoms with Crippen LogP contribution in [0.2, 0.25) is 0 Å². The van der Waals surface area contributed by atoms with E-state index >= 15 is 0 Å². The molecule has 0 saturated carbocycles. The van der Waals surface area contributed by atoms with Gasteiger partial charge in [0.2, 0.25) is 5.91 Å². The third-order valence-corrected chi connectivity index (χ3v) is 4.12. The average molecular weight is 332 g/mol. The van der Waals surface area contributed by atoms with E-state index in [9.17, 15) is 9.18 Å². The Morgan fingerprint density at radius 3 is 2.88 bits per heavy atom. The highest BCUT2D eigenvalue weighted by Gasteiger charge is 2.28. The van der Waals surface area contributed by atoms with Gasteiger partial charge in [-0.15, -0.1) is 0 Å². The molecule has 0 bridgehead atoms. The third kappa shape index (κ3) is 3.73. The van der Waals surface area contributed by atoms with Gasteiger partial charge >= 0.3 is 0 Å². The molecule has 3 rings (SSSR count). The van der Waals surface area contributed by atoms with Gasteiger partial charge in [0.05, 0.1) is 6.54 Å². The number of carbonyl (C=O) groups excluding carboxylic acids is 1. The van der Waals surface area contributed by atoms with Crippen molar-refractivity contribution in [3.05, 3.63) is 47.6 Å². The second kappa shape index (κ2) is 7.00. The molecule has 7 heteroatoms. The van der Waals surface area contributed by atoms with Crippen molar-refractivity contribution in [2.45, 2.75) is 19.5 Å². The van der Waals surface area contributed by atoms with Crippen LogP contribution in [-0.2, 0) is 11.3 Å². The lowest BCUT2D eigenvalue weighted by molar-refractivity contribution is -0.132. The van der Waals surface area contributed by atoms with Crippen LogP contribution >= 0.6 is 0 Å². The van der Waals surface area contributed by atoms with Gasteiger partial charge in [-0.25, -0.2) is 4.39 Å². The second-order valence-corrected chi connectivity index (χ2v) is 6.05. The monoisotopic (exact) mass is 332 g/mol. The van der Waals surface area contributed by atoms with Crippen LogP contribution in [0.4, 0.5) is 10.1 Å². The minimum atomic E-state index is -0.304. The first-order valence-electron chi connectivity index (χ1n) is 7.94. The number of likely N-dealkylation sites (N-methyl/N-ethyl adjacent to an activating group) is 1. The predicted molar refractivity (Wildman–Crippen MR) is 88.1 cm³/mol. The van der Waals surface area contributed by atoms with Crippen LogP contribution in [0.1, 0.15) is 11.5 Å². The zero-order valence-electron chi connectivity index (χ0n) is 13.8. The molecule has 128 valence electrons. The number of nitrogens with zero attached hydrogens (tertiary/aromatic N) is 3. The van der Waals surface area contributed by atoms with Gasteiger partial charge in [0.1, 0.15) is 23.3 Å². The zero-order chi connectivity index (χ0) is 17.1. The summed E-state index contributed by atoms with van der Waals surface area (Å²) in [4.78, 5) is 16.4. The SMILES string of the molecule is Cc1cc(CN(C)C(=O)[C@H]2CN(c3ccc(F)cc3)CCN2)no1. The quantitative estimate of drug-likeness (QED) is 0.921. The van der Waals surface area contributed by atoms with E-state index in [2.05, 4.69) is 15.4 Å². The fourth-order valence-corrected chi connectivity index (χ4v) is 2.88. The van der Waals surface area contributed by atoms with Gasteiger partial charge in [-0.2, -0.15) is 0 Å². The van der Waals surface area contributed by atoms with Gasteiger partial charge in [0.15, 0.2) is 0 Å². The molecule has 1 fully saturated rings. The van der Waals surface area contributed by atoms with Crippen LogP contribution < -0.4 is 10.2 Å². The number of aryl methyl sites for hydroxylation is 1. The van der Waals surface area contributed by atoms with Gasteiger partial charge in [0.25, 0.3) is 0 Å². The Hall–Kier alpha value is -2.41. The fraction of sp³-hybridized carbons (Fsp3) is 0.412. The molecule has 2 heterocycles. The Labute approximate surface area is 140 Å². The number of hydrogen-bond acceptors (Lipinski definition) is 5. The molecule has 1 aromatic heterocycles. The maximum absolute atomic E-state index is 13.1. The summed E-state index contributed by atoms with van der Waals surface area (Å²) in [5.41, 5.74) is 1.65. The largest absolute Gasteiger partial charge is 0.368 e. The molecule has 0 radical (unpaired) electrons. The molecule has 24 heavy (non-hydrogen) atoms. The van der Waals surface area contributed by atoms with Crippen LogP contribution in [0.3, 0.4) is 0 Å². The Balaban J connectivity index is 1.63. The normalized spacial score (nSPS) is 17.8. The highest BCUT2D eigenvalue weighted by molar-refractivity contribution is 5.82. The second-order valence-electron chi connectivity index (χ2n) is 6.05. The van der Waals surface area contributed by atoms with Gasteiger partial charge in [-0.1, -0.05) is 5.16 Å². The predicted octanol–water partition coefficient (Wildman–Crippen LogP) is 1.56. The molecule has 6 nitrogen and oxygen atoms in total. The number of hydrogen-bond donors (Lipinski definition) is 1. The average Bonchev–Trinajstić information content (AvgIpc) is 3.00. The standard InChI is InChI=1S/C17H21FN4O2/c1-12-9-14(20-24-12)10-21(2)17(23)16-11-22(8-7-19-16)15-5-3-13(18)4-6-15/h3-6,9,16,19H,7-8,10-11H2,1-2H3/t16-/m1/s1. The van der Waals surface area contributed by atoms with Crippen LogP contribution in [-0.4, -0.2) is 48.7 Å². The number of amides is 1. The van der Waals surface area contributed by atoms with Gasteiger partial charge in [-0.05, 0) is 31.2 Å². The molecule has 1 aliphatic rings. The van der Waals surface area contributed by atoms with Crippen molar-refractivity contribution in [1.82, 2.24) is 15.4 Å². The molecule has 1 saturated heterocycles. The fourth-order valence-electron chi connectivity index (χ4n) is 2.88. The first-order chi connectivity index (χ1) is 11.5. The maximum atomic E-state index is 13.1. The number of piperazine rings is 1. The lowest BCUT2D eigenvalue weighted by Gasteiger charge is -2.36. The minimum absolute atomic E-state index is 0.00228. The van der Waals surface area contributed by atoms with E-state index in [1.807, 2.05) is 13.0 Å². The third-order valence-electron chi connectivity index (χ3n) is 4.12. The van der Waals surface area contributed by atoms with Gasteiger partial charge in [-0.3, -0.25) is 4.79 Å². The van der Waals surface area contributed by atoms with Crippen molar-refractivity contribution in [3.8, 4) is 0 Å². The summed E-state index contributed by atoms with van der Waals surface area (Å²) in [5, 5.41) is 7.17. The summed E-state index contributed by atoms with van der Waals surface area (Å²) in [5.74, 6) is 0.468. The van der Waals surface area contributed by atoms with E-state index in [-0.39, 0.29) is 17.8 Å². The zero-order valence-corrected chi connectivity index (χ0v) is 13.8. The van der Waals surface area contributed by atoms with E-state index in [0.717, 1.165) is 23.7 Å². The number of benzene rings is 1. The number of anilines is 1. The van der Waals surface area contributed by atoms with Crippen molar-refractivity contribution in [2.24, 2.45) is 0 Å². The maximum Gasteiger partial charge on any atom is 0.241 e. The van der Waals surface area contributed by atoms with E-state index in [1.54, 1.807) is 24.1 Å². The molecule has 0 aliphatic carbocycles. The Morgan fingerprint density at radius 1 is 1.46 bits per heavy atom. The lowest BCUT2D eigenvalue weighted by Crippen LogP contribution is -2.57. The molecular formula is C17H21FN4O2. The van der Waals surface area contributed by atoms with Crippen LogP contribution in [0.25, 0.3) is 0 Å². The molecule has 1 N–H and O–H groups in total. The topological polar surface area (TPSA) is 61.6 Å². The van der Waals surface area contributed by atoms with Crippen LogP contribution in [0.5, 0.6) is 0 Å². The Bertz CT molecular complexity index is 701. The smallest absolute Gasteiger partial charge is 0.241 e. The number of carbonyl (C=O) groups is 1. The number of rotatable bonds is 4. The van der Waals surface area contributed by atoms with E-state index in [1.165, 1.54) is 12.1 Å². The summed E-state index contributed by atoms with van der Waals surface area (Å²) in [7, 11) is 1.75. The van der Waals surface area contributed by atoms with Gasteiger partial charge < -0.3 is 19.6 Å². The number of aromatic nitrogens is 1. The summed E-state index contributed by atoms with van der Waals surface area (Å²) in [6.07, 6.45) is 0. The molecule has 1 atom stereocenters. The van der Waals surface area contributed by atoms with E-state index in [0.29, 0.717) is 19.6 Å². The molecule has 1 aromatic carbocycles. The highest BCUT2D eigenvalue weighted by atomic mass is 19.1. The van der Waals surface area contributed by atoms with Crippen molar-refractivity contribution in [3.63, 3.8) is 0 Å². The van der Waals surface area contributed by atoms with Crippen molar-refractivity contribution in [2.75, 3.05) is 31.6 Å². The van der Waals surface area contributed by atoms with Crippen LogP contribution in [0.15, 0.2) is 34.9 Å². The molecule has 1 amide bonds. The summed E-state index contributed by atoms with van der Waals surface area (Å²) >= 11 is 0. The molecular weight excluding hydrogens is 311 g/mol. The molecule has 0 spiro atoms. The van der Waals surface area contributed by atoms with E-state index in [4.69, 9.17) is 4.52 Å². The lowest BCUT2D eigenvalue weighted by atomic mass is 10.1. The Kier molecular flexibility index (Phi) is 4.80. The van der Waals surface area contributed by atoms with Crippen molar-refractivity contribution in [1.29, 1.82) is 0 Å². The molecule has 2 aromatic rings. The van der Waals surface area contributed by atoms with Crippen LogP contribution in [0, 0.1) is 12.7 Å². The first kappa shape index (κ1) is 16.4. The summed E-state index contributed by atoms with van der Waals surface area (Å²) in [6.45, 7) is 4.26. The number of nitrogens with one attached hydrogen (secondary N) is 1. The number of halogens is 1. The van der Waals surface area contributed by atoms with Gasteiger partial charge in [0, 0.05) is 38.4 Å². The van der Waals surface area contributed by atoms with E-state index < -0.39 is 0 Å². The minimum Gasteiger partial charge on any atom is -0.368 e. The summed E-state index contributed by atoms with van der Waals surface area (Å²) < 4.78 is 18.1. The molecule has 1 aliphatic heterocycles. The summed E-state index contributed by atoms with van der Waals surface area (Å²) in [6, 6.07) is 7.87. The first-order valence-corrected chi connectivity index (χ1v) is 7.94. The highest BCUT2D eigenvalue weighted by Crippen LogP contribution is 2.17.